The number of benzene rings is 1. The van der Waals surface area contributed by atoms with E-state index in [0.717, 1.165) is 0 Å². The molecule has 128 valence electrons. The van der Waals surface area contributed by atoms with Gasteiger partial charge >= 0.3 is 5.97 Å². The van der Waals surface area contributed by atoms with Crippen molar-refractivity contribution in [2.24, 2.45) is 5.73 Å². The first-order valence-electron chi connectivity index (χ1n) is 7.65. The summed E-state index contributed by atoms with van der Waals surface area (Å²) in [4.78, 5) is 12.4. The van der Waals surface area contributed by atoms with Crippen LogP contribution in [0.1, 0.15) is 25.3 Å². The number of nitrogens with zero attached hydrogens (tertiary/aromatic N) is 1. The lowest BCUT2D eigenvalue weighted by Gasteiger charge is -2.26. The second-order valence-electron chi connectivity index (χ2n) is 5.18. The van der Waals surface area contributed by atoms with Gasteiger partial charge in [-0.05, 0) is 31.5 Å². The summed E-state index contributed by atoms with van der Waals surface area (Å²) >= 11 is 0. The normalized spacial score (nSPS) is 16.6. The first-order chi connectivity index (χ1) is 12.0. The molecule has 25 heavy (non-hydrogen) atoms. The molecule has 6 heteroatoms. The van der Waals surface area contributed by atoms with Crippen molar-refractivity contribution in [1.82, 2.24) is 0 Å². The molecule has 2 N–H and O–H groups in total. The first-order valence-corrected chi connectivity index (χ1v) is 7.65. The standard InChI is InChI=1S/C19H18N2O4/c1-4-10-24-14-8-6-13(7-9-14)17-15(11-20)18(21)25-12(3)16(17)19(22)23-5-2/h1,6-9,17H,5,10,21H2,2-3H3. The SMILES string of the molecule is C#CCOc1ccc(C2C(C#N)=C(N)OC(C)=C2C(=O)OCC)cc1. The van der Waals surface area contributed by atoms with Crippen LogP contribution in [0.2, 0.25) is 0 Å². The van der Waals surface area contributed by atoms with E-state index in [-0.39, 0.29) is 30.2 Å². The molecule has 1 aliphatic rings. The van der Waals surface area contributed by atoms with E-state index in [1.54, 1.807) is 38.1 Å². The van der Waals surface area contributed by atoms with Crippen LogP contribution in [0.15, 0.2) is 47.1 Å². The molecule has 0 saturated carbocycles. The molecule has 0 aliphatic carbocycles. The number of rotatable bonds is 5. The van der Waals surface area contributed by atoms with E-state index in [2.05, 4.69) is 5.92 Å². The molecule has 1 heterocycles. The number of esters is 1. The minimum absolute atomic E-state index is 0.0225. The number of carbonyl (C=O) groups is 1. The summed E-state index contributed by atoms with van der Waals surface area (Å²) in [5.41, 5.74) is 6.95. The molecule has 0 fully saturated rings. The van der Waals surface area contributed by atoms with Gasteiger partial charge in [-0.3, -0.25) is 0 Å². The fourth-order valence-corrected chi connectivity index (χ4v) is 2.57. The first kappa shape index (κ1) is 18.0. The van der Waals surface area contributed by atoms with E-state index in [1.165, 1.54) is 0 Å². The zero-order valence-electron chi connectivity index (χ0n) is 14.0. The zero-order valence-corrected chi connectivity index (χ0v) is 14.0. The highest BCUT2D eigenvalue weighted by Gasteiger charge is 2.36. The van der Waals surface area contributed by atoms with Crippen molar-refractivity contribution in [3.63, 3.8) is 0 Å². The van der Waals surface area contributed by atoms with Crippen LogP contribution in [0.25, 0.3) is 0 Å². The number of terminal acetylenes is 1. The molecule has 1 aromatic carbocycles. The fourth-order valence-electron chi connectivity index (χ4n) is 2.57. The molecule has 1 unspecified atom stereocenters. The average Bonchev–Trinajstić information content (AvgIpc) is 2.60. The molecule has 1 aliphatic heterocycles. The number of nitriles is 1. The topological polar surface area (TPSA) is 94.6 Å². The van der Waals surface area contributed by atoms with Crippen LogP contribution in [0.3, 0.4) is 0 Å². The molecular weight excluding hydrogens is 320 g/mol. The summed E-state index contributed by atoms with van der Waals surface area (Å²) in [5, 5.41) is 9.49. The lowest BCUT2D eigenvalue weighted by Crippen LogP contribution is -2.25. The molecule has 1 aromatic rings. The Kier molecular flexibility index (Phi) is 5.71. The number of nitrogens with two attached hydrogens (primary N) is 1. The van der Waals surface area contributed by atoms with Crippen LogP contribution < -0.4 is 10.5 Å². The van der Waals surface area contributed by atoms with Crippen LogP contribution >= 0.6 is 0 Å². The summed E-state index contributed by atoms with van der Waals surface area (Å²) in [6.07, 6.45) is 5.17. The van der Waals surface area contributed by atoms with Gasteiger partial charge in [0, 0.05) is 0 Å². The van der Waals surface area contributed by atoms with Crippen LogP contribution in [-0.2, 0) is 14.3 Å². The molecule has 0 amide bonds. The highest BCUT2D eigenvalue weighted by Crippen LogP contribution is 2.39. The molecule has 6 nitrogen and oxygen atoms in total. The smallest absolute Gasteiger partial charge is 0.338 e. The highest BCUT2D eigenvalue weighted by atomic mass is 16.5. The lowest BCUT2D eigenvalue weighted by molar-refractivity contribution is -0.139. The van der Waals surface area contributed by atoms with Gasteiger partial charge in [-0.1, -0.05) is 18.1 Å². The van der Waals surface area contributed by atoms with E-state index in [0.29, 0.717) is 17.1 Å². The second kappa shape index (κ2) is 7.94. The molecular formula is C19H18N2O4. The van der Waals surface area contributed by atoms with Gasteiger partial charge in [-0.15, -0.1) is 6.42 Å². The van der Waals surface area contributed by atoms with Crippen molar-refractivity contribution in [3.8, 4) is 24.2 Å². The van der Waals surface area contributed by atoms with E-state index in [9.17, 15) is 10.1 Å². The second-order valence-corrected chi connectivity index (χ2v) is 5.18. The van der Waals surface area contributed by atoms with Crippen LogP contribution in [0.4, 0.5) is 0 Å². The lowest BCUT2D eigenvalue weighted by atomic mass is 9.83. The minimum Gasteiger partial charge on any atom is -0.481 e. The van der Waals surface area contributed by atoms with E-state index in [1.807, 2.05) is 6.07 Å². The summed E-state index contributed by atoms with van der Waals surface area (Å²) < 4.78 is 15.8. The molecule has 0 spiro atoms. The molecule has 1 atom stereocenters. The molecule has 0 bridgehead atoms. The summed E-state index contributed by atoms with van der Waals surface area (Å²) in [6.45, 7) is 3.69. The Labute approximate surface area is 146 Å². The number of hydrogen-bond acceptors (Lipinski definition) is 6. The van der Waals surface area contributed by atoms with Gasteiger partial charge < -0.3 is 19.9 Å². The monoisotopic (exact) mass is 338 g/mol. The fraction of sp³-hybridized carbons (Fsp3) is 0.263. The maximum atomic E-state index is 12.4. The number of ether oxygens (including phenoxy) is 3. The van der Waals surface area contributed by atoms with Gasteiger partial charge in [0.2, 0.25) is 5.88 Å². The Morgan fingerprint density at radius 2 is 2.08 bits per heavy atom. The van der Waals surface area contributed by atoms with Crippen molar-refractivity contribution in [2.45, 2.75) is 19.8 Å². The van der Waals surface area contributed by atoms with Gasteiger partial charge in [0.05, 0.1) is 18.1 Å². The molecule has 0 radical (unpaired) electrons. The summed E-state index contributed by atoms with van der Waals surface area (Å²) in [7, 11) is 0. The van der Waals surface area contributed by atoms with Gasteiger partial charge in [-0.25, -0.2) is 4.79 Å². The Balaban J connectivity index is 2.47. The van der Waals surface area contributed by atoms with Crippen LogP contribution in [0.5, 0.6) is 5.75 Å². The summed E-state index contributed by atoms with van der Waals surface area (Å²) in [6, 6.07) is 8.95. The van der Waals surface area contributed by atoms with Gasteiger partial charge in [0.15, 0.2) is 0 Å². The largest absolute Gasteiger partial charge is 0.481 e. The average molecular weight is 338 g/mol. The Hall–Kier alpha value is -3.38. The predicted octanol–water partition coefficient (Wildman–Crippen LogP) is 2.34. The Bertz CT molecular complexity index is 807. The Morgan fingerprint density at radius 3 is 2.64 bits per heavy atom. The molecule has 0 aromatic heterocycles. The molecule has 2 rings (SSSR count). The van der Waals surface area contributed by atoms with Crippen molar-refractivity contribution < 1.29 is 19.0 Å². The van der Waals surface area contributed by atoms with E-state index >= 15 is 0 Å². The number of hydrogen-bond donors (Lipinski definition) is 1. The van der Waals surface area contributed by atoms with Crippen LogP contribution in [0, 0.1) is 23.7 Å². The third-order valence-corrected chi connectivity index (χ3v) is 3.64. The third-order valence-electron chi connectivity index (χ3n) is 3.64. The quantitative estimate of drug-likeness (QED) is 0.654. The maximum absolute atomic E-state index is 12.4. The molecule has 0 saturated heterocycles. The van der Waals surface area contributed by atoms with Crippen LogP contribution in [-0.4, -0.2) is 19.2 Å². The number of allylic oxidation sites excluding steroid dienone is 2. The van der Waals surface area contributed by atoms with Gasteiger partial charge in [0.25, 0.3) is 0 Å². The predicted molar refractivity (Wildman–Crippen MR) is 90.8 cm³/mol. The van der Waals surface area contributed by atoms with E-state index < -0.39 is 11.9 Å². The van der Waals surface area contributed by atoms with Crippen molar-refractivity contribution >= 4 is 5.97 Å². The van der Waals surface area contributed by atoms with Crippen molar-refractivity contribution in [3.05, 3.63) is 52.6 Å². The maximum Gasteiger partial charge on any atom is 0.338 e. The van der Waals surface area contributed by atoms with Gasteiger partial charge in [0.1, 0.15) is 29.8 Å². The van der Waals surface area contributed by atoms with Gasteiger partial charge in [-0.2, -0.15) is 5.26 Å². The third kappa shape index (κ3) is 3.76. The summed E-state index contributed by atoms with van der Waals surface area (Å²) in [5.74, 6) is 2.05. The zero-order chi connectivity index (χ0) is 18.4. The van der Waals surface area contributed by atoms with Crippen molar-refractivity contribution in [2.75, 3.05) is 13.2 Å². The highest BCUT2D eigenvalue weighted by molar-refractivity contribution is 5.92. The number of carbonyl (C=O) groups excluding carboxylic acids is 1. The van der Waals surface area contributed by atoms with Crippen molar-refractivity contribution in [1.29, 1.82) is 5.26 Å². The minimum atomic E-state index is -0.667. The van der Waals surface area contributed by atoms with E-state index in [4.69, 9.17) is 26.4 Å². The Morgan fingerprint density at radius 1 is 1.40 bits per heavy atom.